The molecular formula is C20H30N2O2. The maximum Gasteiger partial charge on any atom is 0.234 e. The number of fused-ring (bicyclic) bond motifs is 1. The zero-order chi connectivity index (χ0) is 16.8. The van der Waals surface area contributed by atoms with E-state index in [1.807, 2.05) is 18.2 Å². The van der Waals surface area contributed by atoms with E-state index in [4.69, 9.17) is 4.74 Å². The number of carbonyl (C=O) groups is 1. The lowest BCUT2D eigenvalue weighted by molar-refractivity contribution is -0.123. The van der Waals surface area contributed by atoms with E-state index >= 15 is 0 Å². The molecule has 1 aliphatic carbocycles. The number of nitrogens with zero attached hydrogens (tertiary/aromatic N) is 1. The first-order valence-corrected chi connectivity index (χ1v) is 9.40. The summed E-state index contributed by atoms with van der Waals surface area (Å²) in [5.41, 5.74) is 1.14. The Morgan fingerprint density at radius 2 is 2.00 bits per heavy atom. The van der Waals surface area contributed by atoms with Crippen molar-refractivity contribution in [1.82, 2.24) is 10.2 Å². The number of nitrogens with one attached hydrogen (secondary N) is 1. The molecule has 1 heterocycles. The van der Waals surface area contributed by atoms with Crippen LogP contribution in [0.2, 0.25) is 0 Å². The molecule has 0 unspecified atom stereocenters. The highest BCUT2D eigenvalue weighted by molar-refractivity contribution is 5.78. The smallest absolute Gasteiger partial charge is 0.234 e. The number of benzene rings is 1. The molecule has 1 N–H and O–H groups in total. The van der Waals surface area contributed by atoms with E-state index < -0.39 is 0 Å². The second-order valence-corrected chi connectivity index (χ2v) is 7.14. The molecule has 2 fully saturated rings. The van der Waals surface area contributed by atoms with Crippen molar-refractivity contribution in [3.8, 4) is 5.75 Å². The molecule has 132 valence electrons. The highest BCUT2D eigenvalue weighted by Crippen LogP contribution is 2.34. The average Bonchev–Trinajstić information content (AvgIpc) is 2.62. The molecule has 1 aliphatic heterocycles. The van der Waals surface area contributed by atoms with Crippen LogP contribution in [0.5, 0.6) is 5.75 Å². The van der Waals surface area contributed by atoms with Crippen molar-refractivity contribution >= 4 is 5.91 Å². The number of ether oxygens (including phenoxy) is 1. The number of amides is 1. The van der Waals surface area contributed by atoms with Gasteiger partial charge < -0.3 is 10.1 Å². The molecule has 0 spiro atoms. The van der Waals surface area contributed by atoms with Crippen LogP contribution in [0.15, 0.2) is 24.3 Å². The molecular weight excluding hydrogens is 300 g/mol. The summed E-state index contributed by atoms with van der Waals surface area (Å²) in [5.74, 6) is 1.89. The second kappa shape index (κ2) is 8.52. The summed E-state index contributed by atoms with van der Waals surface area (Å²) >= 11 is 0. The summed E-state index contributed by atoms with van der Waals surface area (Å²) in [5, 5.41) is 3.09. The van der Waals surface area contributed by atoms with Gasteiger partial charge in [0.05, 0.1) is 13.7 Å². The van der Waals surface area contributed by atoms with E-state index in [0.717, 1.165) is 30.2 Å². The molecule has 4 nitrogen and oxygen atoms in total. The number of hydrogen-bond donors (Lipinski definition) is 1. The van der Waals surface area contributed by atoms with Crippen LogP contribution in [-0.4, -0.2) is 43.6 Å². The van der Waals surface area contributed by atoms with Crippen LogP contribution in [0, 0.1) is 5.92 Å². The molecule has 3 rings (SSSR count). The van der Waals surface area contributed by atoms with Crippen molar-refractivity contribution in [2.24, 2.45) is 5.92 Å². The molecule has 4 heteroatoms. The number of rotatable bonds is 6. The third-order valence-electron chi connectivity index (χ3n) is 5.61. The predicted octanol–water partition coefficient (Wildman–Crippen LogP) is 3.01. The van der Waals surface area contributed by atoms with Crippen LogP contribution in [0.3, 0.4) is 0 Å². The minimum atomic E-state index is 0.163. The molecule has 1 aromatic carbocycles. The number of piperidine rings is 1. The molecule has 24 heavy (non-hydrogen) atoms. The zero-order valence-corrected chi connectivity index (χ0v) is 14.8. The first kappa shape index (κ1) is 17.3. The fourth-order valence-corrected chi connectivity index (χ4v) is 4.41. The van der Waals surface area contributed by atoms with E-state index in [2.05, 4.69) is 16.3 Å². The number of carbonyl (C=O) groups excluding carboxylic acids is 1. The lowest BCUT2D eigenvalue weighted by Gasteiger charge is -2.43. The average molecular weight is 330 g/mol. The van der Waals surface area contributed by atoms with Crippen LogP contribution in [0.25, 0.3) is 0 Å². The highest BCUT2D eigenvalue weighted by Gasteiger charge is 2.33. The Morgan fingerprint density at radius 1 is 1.21 bits per heavy atom. The van der Waals surface area contributed by atoms with E-state index in [1.165, 1.54) is 38.5 Å². The van der Waals surface area contributed by atoms with Gasteiger partial charge in [0.15, 0.2) is 0 Å². The van der Waals surface area contributed by atoms with Crippen molar-refractivity contribution in [3.63, 3.8) is 0 Å². The molecule has 0 aromatic heterocycles. The van der Waals surface area contributed by atoms with E-state index in [0.29, 0.717) is 19.1 Å². The van der Waals surface area contributed by atoms with Gasteiger partial charge in [-0.05, 0) is 56.2 Å². The second-order valence-electron chi connectivity index (χ2n) is 7.14. The van der Waals surface area contributed by atoms with Gasteiger partial charge in [-0.25, -0.2) is 0 Å². The van der Waals surface area contributed by atoms with Gasteiger partial charge in [0.1, 0.15) is 5.75 Å². The van der Waals surface area contributed by atoms with Crippen LogP contribution in [-0.2, 0) is 11.2 Å². The molecule has 2 aliphatic rings. The van der Waals surface area contributed by atoms with Crippen molar-refractivity contribution < 1.29 is 9.53 Å². The summed E-state index contributed by atoms with van der Waals surface area (Å²) in [7, 11) is 1.69. The third-order valence-corrected chi connectivity index (χ3v) is 5.61. The van der Waals surface area contributed by atoms with Crippen LogP contribution < -0.4 is 10.1 Å². The van der Waals surface area contributed by atoms with E-state index in [9.17, 15) is 4.79 Å². The fraction of sp³-hybridized carbons (Fsp3) is 0.650. The number of para-hydroxylation sites is 1. The Hall–Kier alpha value is -1.55. The highest BCUT2D eigenvalue weighted by atomic mass is 16.5. The van der Waals surface area contributed by atoms with Crippen molar-refractivity contribution in [3.05, 3.63) is 29.8 Å². The largest absolute Gasteiger partial charge is 0.496 e. The van der Waals surface area contributed by atoms with Gasteiger partial charge in [0, 0.05) is 12.6 Å². The van der Waals surface area contributed by atoms with Gasteiger partial charge in [-0.2, -0.15) is 0 Å². The standard InChI is InChI=1S/C20H30N2O2/c1-24-19-11-5-3-8-17(19)12-13-21-20(23)15-22-14-6-9-16-7-2-4-10-18(16)22/h3,5,8,11,16,18H,2,4,6-7,9-10,12-15H2,1H3,(H,21,23)/t16-,18+/m1/s1. The predicted molar refractivity (Wildman–Crippen MR) is 96.3 cm³/mol. The first-order valence-electron chi connectivity index (χ1n) is 9.40. The summed E-state index contributed by atoms with van der Waals surface area (Å²) in [4.78, 5) is 14.8. The molecule has 1 saturated heterocycles. The summed E-state index contributed by atoms with van der Waals surface area (Å²) in [6.45, 7) is 2.31. The quantitative estimate of drug-likeness (QED) is 0.872. The summed E-state index contributed by atoms with van der Waals surface area (Å²) in [6.07, 6.45) is 8.75. The first-order chi connectivity index (χ1) is 11.8. The number of methoxy groups -OCH3 is 1. The summed E-state index contributed by atoms with van der Waals surface area (Å²) < 4.78 is 5.36. The van der Waals surface area contributed by atoms with Crippen LogP contribution in [0.1, 0.15) is 44.1 Å². The molecule has 2 atom stereocenters. The Bertz CT molecular complexity index is 544. The lowest BCUT2D eigenvalue weighted by Crippen LogP contribution is -2.50. The van der Waals surface area contributed by atoms with Crippen LogP contribution >= 0.6 is 0 Å². The fourth-order valence-electron chi connectivity index (χ4n) is 4.41. The van der Waals surface area contributed by atoms with Crippen molar-refractivity contribution in [2.45, 2.75) is 51.0 Å². The SMILES string of the molecule is COc1ccccc1CCNC(=O)CN1CCC[C@H]2CCCC[C@@H]21. The Labute approximate surface area is 145 Å². The van der Waals surface area contributed by atoms with Gasteiger partial charge in [-0.15, -0.1) is 0 Å². The maximum absolute atomic E-state index is 12.3. The topological polar surface area (TPSA) is 41.6 Å². The van der Waals surface area contributed by atoms with Gasteiger partial charge in [0.2, 0.25) is 5.91 Å². The Kier molecular flexibility index (Phi) is 6.13. The van der Waals surface area contributed by atoms with E-state index in [-0.39, 0.29) is 5.91 Å². The van der Waals surface area contributed by atoms with Crippen LogP contribution in [0.4, 0.5) is 0 Å². The molecule has 1 saturated carbocycles. The third kappa shape index (κ3) is 4.29. The monoisotopic (exact) mass is 330 g/mol. The van der Waals surface area contributed by atoms with Gasteiger partial charge in [0.25, 0.3) is 0 Å². The van der Waals surface area contributed by atoms with Gasteiger partial charge >= 0.3 is 0 Å². The Morgan fingerprint density at radius 3 is 2.88 bits per heavy atom. The molecule has 1 amide bonds. The number of likely N-dealkylation sites (tertiary alicyclic amines) is 1. The lowest BCUT2D eigenvalue weighted by atomic mass is 9.78. The van der Waals surface area contributed by atoms with Crippen molar-refractivity contribution in [2.75, 3.05) is 26.7 Å². The van der Waals surface area contributed by atoms with Gasteiger partial charge in [-0.1, -0.05) is 31.0 Å². The summed E-state index contributed by atoms with van der Waals surface area (Å²) in [6, 6.07) is 8.65. The molecule has 0 bridgehead atoms. The minimum Gasteiger partial charge on any atom is -0.496 e. The maximum atomic E-state index is 12.3. The normalized spacial score (nSPS) is 24.2. The zero-order valence-electron chi connectivity index (χ0n) is 14.8. The molecule has 1 aromatic rings. The van der Waals surface area contributed by atoms with Gasteiger partial charge in [-0.3, -0.25) is 9.69 Å². The molecule has 0 radical (unpaired) electrons. The Balaban J connectivity index is 1.45. The van der Waals surface area contributed by atoms with E-state index in [1.54, 1.807) is 7.11 Å². The van der Waals surface area contributed by atoms with Crippen molar-refractivity contribution in [1.29, 1.82) is 0 Å². The number of hydrogen-bond acceptors (Lipinski definition) is 3. The minimum absolute atomic E-state index is 0.163.